The lowest BCUT2D eigenvalue weighted by molar-refractivity contribution is -0.149. The Morgan fingerprint density at radius 3 is 2.45 bits per heavy atom. The maximum atomic E-state index is 13.8. The second-order valence-electron chi connectivity index (χ2n) is 7.83. The Morgan fingerprint density at radius 2 is 1.82 bits per heavy atom. The molecule has 9 heteroatoms. The number of benzene rings is 2. The molecule has 0 spiro atoms. The van der Waals surface area contributed by atoms with E-state index in [0.717, 1.165) is 4.90 Å². The molecule has 5 nitrogen and oxygen atoms in total. The number of alkyl halides is 3. The monoisotopic (exact) mass is 475 g/mol. The van der Waals surface area contributed by atoms with Gasteiger partial charge >= 0.3 is 12.2 Å². The molecule has 0 radical (unpaired) electrons. The number of fused-ring (bicyclic) bond motifs is 1. The third-order valence-corrected chi connectivity index (χ3v) is 6.10. The van der Waals surface area contributed by atoms with Crippen LogP contribution in [0.4, 0.5) is 23.7 Å². The van der Waals surface area contributed by atoms with Crippen LogP contribution in [0.5, 0.6) is 5.88 Å². The van der Waals surface area contributed by atoms with Crippen LogP contribution in [0.2, 0.25) is 5.02 Å². The van der Waals surface area contributed by atoms with E-state index in [9.17, 15) is 23.1 Å². The molecule has 1 aromatic heterocycles. The molecule has 2 aromatic carbocycles. The van der Waals surface area contributed by atoms with Crippen molar-refractivity contribution in [2.24, 2.45) is 0 Å². The number of halogens is 4. The lowest BCUT2D eigenvalue weighted by Crippen LogP contribution is -2.61. The fraction of sp³-hybridized carbons (Fsp3) is 0.250. The maximum Gasteiger partial charge on any atom is 0.406 e. The Labute approximate surface area is 194 Å². The quantitative estimate of drug-likeness (QED) is 0.485. The number of amides is 2. The van der Waals surface area contributed by atoms with Gasteiger partial charge in [-0.05, 0) is 41.8 Å². The smallest absolute Gasteiger partial charge is 0.406 e. The van der Waals surface area contributed by atoms with Crippen molar-refractivity contribution in [2.45, 2.75) is 31.6 Å². The molecule has 2 heterocycles. The standard InChI is InChI=1S/C24H21ClF3N3O2/c1-2-23(17-6-4-3-5-7-17)19-13-18(25)8-9-20(19)30(14-16-10-11-29-21(32)12-16)22(33)31(23)15-24(26,27)28/h3-13H,2,14-15H2,1H3,(H,29,32). The van der Waals surface area contributed by atoms with E-state index in [4.69, 9.17) is 11.6 Å². The van der Waals surface area contributed by atoms with Gasteiger partial charge in [-0.1, -0.05) is 48.9 Å². The fourth-order valence-corrected chi connectivity index (χ4v) is 4.69. The molecule has 4 rings (SSSR count). The van der Waals surface area contributed by atoms with Gasteiger partial charge in [0.05, 0.1) is 17.8 Å². The van der Waals surface area contributed by atoms with Crippen LogP contribution < -0.4 is 4.90 Å². The number of nitrogens with zero attached hydrogens (tertiary/aromatic N) is 3. The minimum Gasteiger partial charge on any atom is -0.493 e. The molecule has 0 fully saturated rings. The zero-order chi connectivity index (χ0) is 23.8. The van der Waals surface area contributed by atoms with E-state index < -0.39 is 24.3 Å². The number of aromatic nitrogens is 1. The van der Waals surface area contributed by atoms with Gasteiger partial charge in [-0.3, -0.25) is 4.90 Å². The molecule has 1 aliphatic heterocycles. The first-order valence-corrected chi connectivity index (χ1v) is 10.7. The predicted molar refractivity (Wildman–Crippen MR) is 119 cm³/mol. The van der Waals surface area contributed by atoms with Crippen LogP contribution >= 0.6 is 11.6 Å². The first kappa shape index (κ1) is 22.9. The molecule has 172 valence electrons. The molecule has 0 saturated carbocycles. The summed E-state index contributed by atoms with van der Waals surface area (Å²) in [6, 6.07) is 15.7. The lowest BCUT2D eigenvalue weighted by Gasteiger charge is -2.51. The summed E-state index contributed by atoms with van der Waals surface area (Å²) in [5.74, 6) is -0.243. The molecule has 1 aliphatic rings. The van der Waals surface area contributed by atoms with Crippen LogP contribution in [0.1, 0.15) is 30.0 Å². The third-order valence-electron chi connectivity index (χ3n) is 5.87. The van der Waals surface area contributed by atoms with Crippen LogP contribution in [0, 0.1) is 0 Å². The normalized spacial score (nSPS) is 18.4. The summed E-state index contributed by atoms with van der Waals surface area (Å²) in [6.07, 6.45) is -3.05. The first-order chi connectivity index (χ1) is 15.7. The van der Waals surface area contributed by atoms with E-state index in [1.54, 1.807) is 61.5 Å². The summed E-state index contributed by atoms with van der Waals surface area (Å²) in [5.41, 5.74) is 0.684. The Morgan fingerprint density at radius 1 is 1.09 bits per heavy atom. The highest BCUT2D eigenvalue weighted by Gasteiger charge is 2.52. The minimum absolute atomic E-state index is 0.0491. The van der Waals surface area contributed by atoms with E-state index in [0.29, 0.717) is 27.4 Å². The largest absolute Gasteiger partial charge is 0.493 e. The van der Waals surface area contributed by atoms with Crippen molar-refractivity contribution in [1.82, 2.24) is 9.88 Å². The zero-order valence-corrected chi connectivity index (χ0v) is 18.4. The molecule has 2 amide bonds. The number of carbonyl (C=O) groups is 1. The number of urea groups is 1. The number of hydrogen-bond acceptors (Lipinski definition) is 3. The van der Waals surface area contributed by atoms with Gasteiger partial charge in [0.1, 0.15) is 6.54 Å². The fourth-order valence-electron chi connectivity index (χ4n) is 4.52. The Bertz CT molecular complexity index is 1170. The Kier molecular flexibility index (Phi) is 5.97. The second kappa shape index (κ2) is 8.59. The number of aromatic hydroxyl groups is 1. The van der Waals surface area contributed by atoms with Crippen molar-refractivity contribution in [2.75, 3.05) is 11.4 Å². The topological polar surface area (TPSA) is 56.7 Å². The van der Waals surface area contributed by atoms with E-state index in [1.165, 1.54) is 17.2 Å². The van der Waals surface area contributed by atoms with Crippen LogP contribution in [0.3, 0.4) is 0 Å². The molecule has 0 bridgehead atoms. The van der Waals surface area contributed by atoms with Gasteiger partial charge < -0.3 is 10.0 Å². The van der Waals surface area contributed by atoms with Crippen molar-refractivity contribution < 1.29 is 23.1 Å². The second-order valence-corrected chi connectivity index (χ2v) is 8.27. The number of rotatable bonds is 5. The molecule has 1 N–H and O–H groups in total. The summed E-state index contributed by atoms with van der Waals surface area (Å²) in [5, 5.41) is 10.1. The maximum absolute atomic E-state index is 13.8. The average molecular weight is 476 g/mol. The Balaban J connectivity index is 1.97. The SMILES string of the molecule is CCC1(c2ccccc2)c2cc(Cl)ccc2N(Cc2ccnc(O)c2)C(=O)N1CC(F)(F)F. The third kappa shape index (κ3) is 4.23. The van der Waals surface area contributed by atoms with E-state index in [1.807, 2.05) is 0 Å². The molecule has 33 heavy (non-hydrogen) atoms. The molecule has 3 aromatic rings. The molecule has 0 saturated heterocycles. The van der Waals surface area contributed by atoms with Gasteiger partial charge in [0.25, 0.3) is 0 Å². The lowest BCUT2D eigenvalue weighted by atomic mass is 9.76. The zero-order valence-electron chi connectivity index (χ0n) is 17.7. The summed E-state index contributed by atoms with van der Waals surface area (Å²) >= 11 is 6.31. The van der Waals surface area contributed by atoms with Gasteiger partial charge in [-0.15, -0.1) is 0 Å². The van der Waals surface area contributed by atoms with E-state index in [2.05, 4.69) is 4.98 Å². The molecule has 1 unspecified atom stereocenters. The molecular weight excluding hydrogens is 455 g/mol. The summed E-state index contributed by atoms with van der Waals surface area (Å²) < 4.78 is 41.4. The number of pyridine rings is 1. The van der Waals surface area contributed by atoms with Crippen molar-refractivity contribution >= 4 is 23.3 Å². The van der Waals surface area contributed by atoms with E-state index in [-0.39, 0.29) is 18.8 Å². The van der Waals surface area contributed by atoms with Crippen LogP contribution in [-0.4, -0.2) is 33.7 Å². The highest BCUT2D eigenvalue weighted by molar-refractivity contribution is 6.30. The van der Waals surface area contributed by atoms with Gasteiger partial charge in [0.15, 0.2) is 0 Å². The van der Waals surface area contributed by atoms with Crippen LogP contribution in [0.25, 0.3) is 0 Å². The Hall–Kier alpha value is -3.26. The van der Waals surface area contributed by atoms with Gasteiger partial charge in [0.2, 0.25) is 5.88 Å². The highest BCUT2D eigenvalue weighted by Crippen LogP contribution is 2.49. The van der Waals surface area contributed by atoms with Crippen LogP contribution in [0.15, 0.2) is 66.9 Å². The minimum atomic E-state index is -4.62. The summed E-state index contributed by atoms with van der Waals surface area (Å²) in [7, 11) is 0. The summed E-state index contributed by atoms with van der Waals surface area (Å²) in [4.78, 5) is 19.6. The number of anilines is 1. The highest BCUT2D eigenvalue weighted by atomic mass is 35.5. The van der Waals surface area contributed by atoms with Gasteiger partial charge in [0, 0.05) is 22.8 Å². The number of hydrogen-bond donors (Lipinski definition) is 1. The van der Waals surface area contributed by atoms with Crippen LogP contribution in [-0.2, 0) is 12.1 Å². The van der Waals surface area contributed by atoms with E-state index >= 15 is 0 Å². The number of carbonyl (C=O) groups excluding carboxylic acids is 1. The van der Waals surface area contributed by atoms with Crippen molar-refractivity contribution in [3.05, 3.63) is 88.6 Å². The molecular formula is C24H21ClF3N3O2. The average Bonchev–Trinajstić information content (AvgIpc) is 2.77. The first-order valence-electron chi connectivity index (χ1n) is 10.3. The van der Waals surface area contributed by atoms with Crippen molar-refractivity contribution in [1.29, 1.82) is 0 Å². The van der Waals surface area contributed by atoms with Crippen molar-refractivity contribution in [3.63, 3.8) is 0 Å². The molecule has 1 atom stereocenters. The predicted octanol–water partition coefficient (Wildman–Crippen LogP) is 6.10. The van der Waals surface area contributed by atoms with Gasteiger partial charge in [-0.2, -0.15) is 13.2 Å². The van der Waals surface area contributed by atoms with Gasteiger partial charge in [-0.25, -0.2) is 9.78 Å². The molecule has 0 aliphatic carbocycles. The summed E-state index contributed by atoms with van der Waals surface area (Å²) in [6.45, 7) is 0.274. The van der Waals surface area contributed by atoms with Crippen molar-refractivity contribution in [3.8, 4) is 5.88 Å².